The average molecular weight is 247 g/mol. The van der Waals surface area contributed by atoms with Crippen LogP contribution in [0, 0.1) is 5.92 Å². The zero-order valence-corrected chi connectivity index (χ0v) is 11.6. The first-order valence-corrected chi connectivity index (χ1v) is 7.21. The van der Waals surface area contributed by atoms with Gasteiger partial charge in [0.25, 0.3) is 0 Å². The van der Waals surface area contributed by atoms with Crippen molar-refractivity contribution in [1.82, 2.24) is 4.90 Å². The summed E-state index contributed by atoms with van der Waals surface area (Å²) in [5.41, 5.74) is 2.77. The molecule has 0 saturated heterocycles. The van der Waals surface area contributed by atoms with Crippen LogP contribution < -0.4 is 0 Å². The highest BCUT2D eigenvalue weighted by molar-refractivity contribution is 5.30. The Balaban J connectivity index is 1.95. The van der Waals surface area contributed by atoms with E-state index in [0.29, 0.717) is 5.92 Å². The SMILES string of the molecule is CCN(CC)CC[C@@H]1Cc2ccccc2C[C@H]1O. The molecular formula is C16H25NO. The lowest BCUT2D eigenvalue weighted by Crippen LogP contribution is -2.34. The van der Waals surface area contributed by atoms with Gasteiger partial charge in [0.2, 0.25) is 0 Å². The maximum atomic E-state index is 10.3. The van der Waals surface area contributed by atoms with Gasteiger partial charge in [-0.05, 0) is 55.9 Å². The van der Waals surface area contributed by atoms with Crippen LogP contribution in [-0.2, 0) is 12.8 Å². The lowest BCUT2D eigenvalue weighted by Gasteiger charge is -2.31. The van der Waals surface area contributed by atoms with Crippen molar-refractivity contribution in [3.63, 3.8) is 0 Å². The van der Waals surface area contributed by atoms with E-state index in [0.717, 1.165) is 38.9 Å². The second-order valence-corrected chi connectivity index (χ2v) is 5.32. The Hall–Kier alpha value is -0.860. The van der Waals surface area contributed by atoms with Crippen LogP contribution in [0.15, 0.2) is 24.3 Å². The van der Waals surface area contributed by atoms with E-state index in [9.17, 15) is 5.11 Å². The first-order valence-electron chi connectivity index (χ1n) is 7.21. The maximum absolute atomic E-state index is 10.3. The molecule has 1 aliphatic rings. The first-order chi connectivity index (χ1) is 8.74. The van der Waals surface area contributed by atoms with Gasteiger partial charge in [-0.15, -0.1) is 0 Å². The average Bonchev–Trinajstić information content (AvgIpc) is 2.40. The number of hydrogen-bond acceptors (Lipinski definition) is 2. The number of nitrogens with zero attached hydrogens (tertiary/aromatic N) is 1. The van der Waals surface area contributed by atoms with E-state index in [1.165, 1.54) is 11.1 Å². The van der Waals surface area contributed by atoms with Crippen molar-refractivity contribution in [2.45, 2.75) is 39.2 Å². The highest BCUT2D eigenvalue weighted by Crippen LogP contribution is 2.27. The summed E-state index contributed by atoms with van der Waals surface area (Å²) in [7, 11) is 0. The minimum absolute atomic E-state index is 0.157. The zero-order valence-electron chi connectivity index (χ0n) is 11.6. The van der Waals surface area contributed by atoms with Crippen LogP contribution in [0.1, 0.15) is 31.4 Å². The molecule has 0 aromatic heterocycles. The third kappa shape index (κ3) is 3.12. The van der Waals surface area contributed by atoms with Crippen molar-refractivity contribution in [1.29, 1.82) is 0 Å². The molecule has 0 saturated carbocycles. The summed E-state index contributed by atoms with van der Waals surface area (Å²) in [5.74, 6) is 0.431. The van der Waals surface area contributed by atoms with Gasteiger partial charge in [0.05, 0.1) is 6.10 Å². The van der Waals surface area contributed by atoms with E-state index < -0.39 is 0 Å². The van der Waals surface area contributed by atoms with Gasteiger partial charge in [0, 0.05) is 0 Å². The van der Waals surface area contributed by atoms with E-state index >= 15 is 0 Å². The summed E-state index contributed by atoms with van der Waals surface area (Å²) >= 11 is 0. The van der Waals surface area contributed by atoms with Gasteiger partial charge in [0.15, 0.2) is 0 Å². The minimum atomic E-state index is -0.157. The molecule has 0 radical (unpaired) electrons. The molecule has 0 amide bonds. The summed E-state index contributed by atoms with van der Waals surface area (Å²) < 4.78 is 0. The van der Waals surface area contributed by atoms with E-state index in [2.05, 4.69) is 43.0 Å². The van der Waals surface area contributed by atoms with E-state index in [4.69, 9.17) is 0 Å². The van der Waals surface area contributed by atoms with E-state index in [1.807, 2.05) is 0 Å². The molecule has 0 aliphatic heterocycles. The largest absolute Gasteiger partial charge is 0.392 e. The van der Waals surface area contributed by atoms with Crippen LogP contribution in [-0.4, -0.2) is 35.7 Å². The number of hydrogen-bond donors (Lipinski definition) is 1. The molecule has 0 spiro atoms. The lowest BCUT2D eigenvalue weighted by molar-refractivity contribution is 0.0871. The fraction of sp³-hybridized carbons (Fsp3) is 0.625. The maximum Gasteiger partial charge on any atom is 0.0612 e. The second kappa shape index (κ2) is 6.35. The molecule has 0 unspecified atom stereocenters. The van der Waals surface area contributed by atoms with Crippen LogP contribution in [0.5, 0.6) is 0 Å². The molecule has 0 bridgehead atoms. The van der Waals surface area contributed by atoms with Gasteiger partial charge in [-0.2, -0.15) is 0 Å². The monoisotopic (exact) mass is 247 g/mol. The van der Waals surface area contributed by atoms with Gasteiger partial charge in [0.1, 0.15) is 0 Å². The number of benzene rings is 1. The first kappa shape index (κ1) is 13.6. The molecular weight excluding hydrogens is 222 g/mol. The summed E-state index contributed by atoms with van der Waals surface area (Å²) in [4.78, 5) is 2.44. The Kier molecular flexibility index (Phi) is 4.79. The van der Waals surface area contributed by atoms with E-state index in [-0.39, 0.29) is 6.10 Å². The zero-order chi connectivity index (χ0) is 13.0. The Morgan fingerprint density at radius 1 is 1.11 bits per heavy atom. The van der Waals surface area contributed by atoms with Crippen molar-refractivity contribution in [3.05, 3.63) is 35.4 Å². The van der Waals surface area contributed by atoms with Crippen LogP contribution in [0.4, 0.5) is 0 Å². The number of aliphatic hydroxyl groups excluding tert-OH is 1. The smallest absolute Gasteiger partial charge is 0.0612 e. The number of fused-ring (bicyclic) bond motifs is 1. The molecule has 1 aliphatic carbocycles. The molecule has 2 heteroatoms. The fourth-order valence-electron chi connectivity index (χ4n) is 2.95. The topological polar surface area (TPSA) is 23.5 Å². The van der Waals surface area contributed by atoms with Crippen LogP contribution in [0.3, 0.4) is 0 Å². The quantitative estimate of drug-likeness (QED) is 0.864. The number of aliphatic hydroxyl groups is 1. The number of rotatable bonds is 5. The molecule has 100 valence electrons. The molecule has 2 atom stereocenters. The van der Waals surface area contributed by atoms with Gasteiger partial charge in [-0.25, -0.2) is 0 Å². The lowest BCUT2D eigenvalue weighted by atomic mass is 9.80. The van der Waals surface area contributed by atoms with Crippen LogP contribution in [0.2, 0.25) is 0 Å². The molecule has 2 nitrogen and oxygen atoms in total. The van der Waals surface area contributed by atoms with Crippen LogP contribution >= 0.6 is 0 Å². The molecule has 0 heterocycles. The van der Waals surface area contributed by atoms with Crippen molar-refractivity contribution in [2.75, 3.05) is 19.6 Å². The van der Waals surface area contributed by atoms with Gasteiger partial charge >= 0.3 is 0 Å². The Bertz CT molecular complexity index is 373. The summed E-state index contributed by atoms with van der Waals surface area (Å²) in [6.45, 7) is 7.73. The molecule has 1 aromatic carbocycles. The Labute approximate surface area is 111 Å². The molecule has 1 aromatic rings. The van der Waals surface area contributed by atoms with Crippen LogP contribution in [0.25, 0.3) is 0 Å². The highest BCUT2D eigenvalue weighted by atomic mass is 16.3. The highest BCUT2D eigenvalue weighted by Gasteiger charge is 2.26. The second-order valence-electron chi connectivity index (χ2n) is 5.32. The van der Waals surface area contributed by atoms with E-state index in [1.54, 1.807) is 0 Å². The predicted octanol–water partition coefficient (Wildman–Crippen LogP) is 2.49. The minimum Gasteiger partial charge on any atom is -0.392 e. The normalized spacial score (nSPS) is 23.1. The van der Waals surface area contributed by atoms with Gasteiger partial charge in [-0.1, -0.05) is 38.1 Å². The van der Waals surface area contributed by atoms with Crippen molar-refractivity contribution in [3.8, 4) is 0 Å². The van der Waals surface area contributed by atoms with Crippen molar-refractivity contribution < 1.29 is 5.11 Å². The predicted molar refractivity (Wildman–Crippen MR) is 75.8 cm³/mol. The third-order valence-electron chi connectivity index (χ3n) is 4.28. The third-order valence-corrected chi connectivity index (χ3v) is 4.28. The molecule has 18 heavy (non-hydrogen) atoms. The Morgan fingerprint density at radius 2 is 1.72 bits per heavy atom. The molecule has 2 rings (SSSR count). The molecule has 1 N–H and O–H groups in total. The van der Waals surface area contributed by atoms with Crippen molar-refractivity contribution in [2.24, 2.45) is 5.92 Å². The van der Waals surface area contributed by atoms with Gasteiger partial charge in [-0.3, -0.25) is 0 Å². The molecule has 0 fully saturated rings. The Morgan fingerprint density at radius 3 is 2.33 bits per heavy atom. The van der Waals surface area contributed by atoms with Crippen molar-refractivity contribution >= 4 is 0 Å². The van der Waals surface area contributed by atoms with Gasteiger partial charge < -0.3 is 10.0 Å². The standard InChI is InChI=1S/C16H25NO/c1-3-17(4-2)10-9-15-11-13-7-5-6-8-14(13)12-16(15)18/h5-8,15-16,18H,3-4,9-12H2,1-2H3/t15-,16-/m1/s1. The fourth-order valence-corrected chi connectivity index (χ4v) is 2.95. The summed E-state index contributed by atoms with van der Waals surface area (Å²) in [5, 5.41) is 10.3. The summed E-state index contributed by atoms with van der Waals surface area (Å²) in [6.07, 6.45) is 2.82. The summed E-state index contributed by atoms with van der Waals surface area (Å²) in [6, 6.07) is 8.55.